The van der Waals surface area contributed by atoms with Gasteiger partial charge in [0, 0.05) is 12.1 Å². The van der Waals surface area contributed by atoms with E-state index in [-0.39, 0.29) is 18.2 Å². The van der Waals surface area contributed by atoms with Crippen LogP contribution in [0.3, 0.4) is 0 Å². The van der Waals surface area contributed by atoms with Gasteiger partial charge in [0.05, 0.1) is 28.8 Å². The highest BCUT2D eigenvalue weighted by Gasteiger charge is 2.21. The molecular weight excluding hydrogens is 428 g/mol. The molecule has 1 aliphatic rings. The Morgan fingerprint density at radius 2 is 1.97 bits per heavy atom. The second-order valence-corrected chi connectivity index (χ2v) is 9.29. The summed E-state index contributed by atoms with van der Waals surface area (Å²) in [5, 5.41) is 0. The highest BCUT2D eigenvalue weighted by atomic mass is 32.2. The maximum absolute atomic E-state index is 12.6. The third-order valence-corrected chi connectivity index (χ3v) is 7.04. The van der Waals surface area contributed by atoms with E-state index in [0.29, 0.717) is 22.0 Å². The Morgan fingerprint density at radius 3 is 2.63 bits per heavy atom. The number of methoxy groups -OCH3 is 1. The summed E-state index contributed by atoms with van der Waals surface area (Å²) in [5.74, 6) is 2.67. The highest BCUT2D eigenvalue weighted by Crippen LogP contribution is 2.36. The van der Waals surface area contributed by atoms with Crippen LogP contribution >= 0.6 is 11.3 Å². The minimum absolute atomic E-state index is 0.0189. The molecule has 0 saturated heterocycles. The van der Waals surface area contributed by atoms with E-state index in [0.717, 1.165) is 10.2 Å². The summed E-state index contributed by atoms with van der Waals surface area (Å²) in [6.45, 7) is 0.303. The fraction of sp³-hybridized carbons (Fsp3) is 0.200. The molecule has 0 bridgehead atoms. The summed E-state index contributed by atoms with van der Waals surface area (Å²) in [6, 6.07) is 9.37. The number of sulfone groups is 1. The smallest absolute Gasteiger partial charge is 0.263 e. The van der Waals surface area contributed by atoms with E-state index >= 15 is 0 Å². The molecule has 30 heavy (non-hydrogen) atoms. The quantitative estimate of drug-likeness (QED) is 0.559. The third-order valence-electron chi connectivity index (χ3n) is 4.38. The molecule has 154 valence electrons. The van der Waals surface area contributed by atoms with E-state index in [1.807, 2.05) is 0 Å². The minimum Gasteiger partial charge on any atom is -0.497 e. The largest absolute Gasteiger partial charge is 0.497 e. The third kappa shape index (κ3) is 3.77. The average molecular weight is 444 g/mol. The molecule has 10 heteroatoms. The molecule has 0 fully saturated rings. The minimum atomic E-state index is -3.85. The Hall–Kier alpha value is -3.29. The lowest BCUT2D eigenvalue weighted by Gasteiger charge is -2.04. The van der Waals surface area contributed by atoms with Crippen molar-refractivity contribution in [3.63, 3.8) is 0 Å². The van der Waals surface area contributed by atoms with E-state index < -0.39 is 21.5 Å². The molecule has 0 spiro atoms. The summed E-state index contributed by atoms with van der Waals surface area (Å²) >= 11 is 1.22. The first kappa shape index (κ1) is 20.0. The molecule has 8 nitrogen and oxygen atoms in total. The number of thiazole rings is 1. The second-order valence-electron chi connectivity index (χ2n) is 6.29. The number of hydrogen-bond donors (Lipinski definition) is 0. The predicted molar refractivity (Wildman–Crippen MR) is 110 cm³/mol. The molecule has 1 aromatic heterocycles. The standard InChI is InChI=1S/C20H16N2O6S2/c1-3-8-22-15-9-16-17(28-12-27-16)10-18(15)29-20(22)21-19(23)11-30(24,25)14-6-4-13(26-2)5-7-14/h1,4-7,9-10H,8,11-12H2,2H3. The van der Waals surface area contributed by atoms with Crippen molar-refractivity contribution >= 4 is 37.3 Å². The molecule has 4 rings (SSSR count). The maximum Gasteiger partial charge on any atom is 0.263 e. The molecule has 0 N–H and O–H groups in total. The molecule has 0 saturated carbocycles. The number of hydrogen-bond acceptors (Lipinski definition) is 7. The zero-order valence-corrected chi connectivity index (χ0v) is 17.5. The molecule has 0 radical (unpaired) electrons. The number of terminal acetylenes is 1. The van der Waals surface area contributed by atoms with E-state index in [1.165, 1.54) is 42.7 Å². The normalized spacial score (nSPS) is 13.4. The van der Waals surface area contributed by atoms with Crippen LogP contribution in [0.5, 0.6) is 17.2 Å². The van der Waals surface area contributed by atoms with Crippen LogP contribution < -0.4 is 19.0 Å². The van der Waals surface area contributed by atoms with E-state index in [4.69, 9.17) is 20.6 Å². The summed E-state index contributed by atoms with van der Waals surface area (Å²) in [4.78, 5) is 16.8. The van der Waals surface area contributed by atoms with Crippen molar-refractivity contribution in [3.05, 3.63) is 41.2 Å². The van der Waals surface area contributed by atoms with Crippen molar-refractivity contribution in [3.8, 4) is 29.6 Å². The first-order valence-electron chi connectivity index (χ1n) is 8.72. The first-order chi connectivity index (χ1) is 14.4. The Morgan fingerprint density at radius 1 is 1.27 bits per heavy atom. The molecule has 0 unspecified atom stereocenters. The van der Waals surface area contributed by atoms with Crippen LogP contribution in [0.15, 0.2) is 46.3 Å². The fourth-order valence-corrected chi connectivity index (χ4v) is 5.12. The van der Waals surface area contributed by atoms with Crippen molar-refractivity contribution in [1.29, 1.82) is 0 Å². The Labute approximate surface area is 176 Å². The van der Waals surface area contributed by atoms with Crippen molar-refractivity contribution < 1.29 is 27.4 Å². The van der Waals surface area contributed by atoms with Gasteiger partial charge in [-0.05, 0) is 24.3 Å². The van der Waals surface area contributed by atoms with Crippen LogP contribution in [0, 0.1) is 12.3 Å². The topological polar surface area (TPSA) is 96.2 Å². The molecular formula is C20H16N2O6S2. The van der Waals surface area contributed by atoms with Gasteiger partial charge in [-0.25, -0.2) is 8.42 Å². The Balaban J connectivity index is 1.69. The van der Waals surface area contributed by atoms with Gasteiger partial charge >= 0.3 is 0 Å². The number of nitrogens with zero attached hydrogens (tertiary/aromatic N) is 2. The first-order valence-corrected chi connectivity index (χ1v) is 11.2. The molecule has 1 amide bonds. The van der Waals surface area contributed by atoms with Gasteiger partial charge in [0.1, 0.15) is 11.5 Å². The number of aromatic nitrogens is 1. The van der Waals surface area contributed by atoms with Crippen molar-refractivity contribution in [2.45, 2.75) is 11.4 Å². The van der Waals surface area contributed by atoms with Gasteiger partial charge in [0.25, 0.3) is 5.91 Å². The molecule has 2 heterocycles. The predicted octanol–water partition coefficient (Wildman–Crippen LogP) is 1.97. The van der Waals surface area contributed by atoms with E-state index in [1.54, 1.807) is 16.7 Å². The van der Waals surface area contributed by atoms with E-state index in [9.17, 15) is 13.2 Å². The van der Waals surface area contributed by atoms with Crippen LogP contribution in [0.1, 0.15) is 0 Å². The second kappa shape index (κ2) is 7.85. The Bertz CT molecular complexity index is 1340. The van der Waals surface area contributed by atoms with Gasteiger partial charge in [0.2, 0.25) is 6.79 Å². The van der Waals surface area contributed by atoms with Gasteiger partial charge in [-0.3, -0.25) is 4.79 Å². The summed E-state index contributed by atoms with van der Waals surface area (Å²) in [5.41, 5.74) is 0.728. The number of rotatable bonds is 5. The molecule has 2 aromatic carbocycles. The average Bonchev–Trinajstić information content (AvgIpc) is 3.30. The van der Waals surface area contributed by atoms with Gasteiger partial charge in [-0.2, -0.15) is 4.99 Å². The zero-order chi connectivity index (χ0) is 21.3. The monoisotopic (exact) mass is 444 g/mol. The number of ether oxygens (including phenoxy) is 3. The van der Waals surface area contributed by atoms with Crippen LogP contribution in [0.25, 0.3) is 10.2 Å². The van der Waals surface area contributed by atoms with Crippen LogP contribution in [-0.2, 0) is 21.2 Å². The summed E-state index contributed by atoms with van der Waals surface area (Å²) < 4.78 is 43.4. The number of amides is 1. The summed E-state index contributed by atoms with van der Waals surface area (Å²) in [7, 11) is -2.37. The maximum atomic E-state index is 12.6. The lowest BCUT2D eigenvalue weighted by molar-refractivity contribution is -0.115. The number of carbonyl (C=O) groups excluding carboxylic acids is 1. The van der Waals surface area contributed by atoms with Crippen molar-refractivity contribution in [2.75, 3.05) is 19.7 Å². The van der Waals surface area contributed by atoms with Crippen molar-refractivity contribution in [1.82, 2.24) is 4.57 Å². The van der Waals surface area contributed by atoms with Crippen LogP contribution in [-0.4, -0.2) is 38.5 Å². The lowest BCUT2D eigenvalue weighted by atomic mass is 10.3. The van der Waals surface area contributed by atoms with E-state index in [2.05, 4.69) is 10.9 Å². The van der Waals surface area contributed by atoms with Crippen molar-refractivity contribution in [2.24, 2.45) is 4.99 Å². The number of carbonyl (C=O) groups is 1. The SMILES string of the molecule is C#CCn1c(=NC(=O)CS(=O)(=O)c2ccc(OC)cc2)sc2cc3c(cc21)OCO3. The molecule has 1 aliphatic heterocycles. The van der Waals surface area contributed by atoms with Crippen LogP contribution in [0.2, 0.25) is 0 Å². The van der Waals surface area contributed by atoms with Gasteiger partial charge in [-0.15, -0.1) is 6.42 Å². The zero-order valence-electron chi connectivity index (χ0n) is 15.8. The molecule has 0 aliphatic carbocycles. The van der Waals surface area contributed by atoms with Gasteiger partial charge in [-0.1, -0.05) is 17.3 Å². The van der Waals surface area contributed by atoms with Gasteiger partial charge < -0.3 is 18.8 Å². The molecule has 0 atom stereocenters. The van der Waals surface area contributed by atoms with Gasteiger partial charge in [0.15, 0.2) is 26.1 Å². The lowest BCUT2D eigenvalue weighted by Crippen LogP contribution is -2.20. The van der Waals surface area contributed by atoms with Crippen LogP contribution in [0.4, 0.5) is 0 Å². The fourth-order valence-electron chi connectivity index (χ4n) is 2.96. The Kier molecular flexibility index (Phi) is 5.24. The number of fused-ring (bicyclic) bond motifs is 2. The number of benzene rings is 2. The molecule has 3 aromatic rings. The highest BCUT2D eigenvalue weighted by molar-refractivity contribution is 7.92. The summed E-state index contributed by atoms with van der Waals surface area (Å²) in [6.07, 6.45) is 5.47.